The minimum Gasteiger partial charge on any atom is -0.488 e. The number of nitrogens with zero attached hydrogens (tertiary/aromatic N) is 3. The van der Waals surface area contributed by atoms with Gasteiger partial charge in [-0.2, -0.15) is 0 Å². The molecule has 0 N–H and O–H groups in total. The van der Waals surface area contributed by atoms with Gasteiger partial charge in [0.05, 0.1) is 24.5 Å². The van der Waals surface area contributed by atoms with Crippen LogP contribution in [-0.4, -0.2) is 68.2 Å². The zero-order chi connectivity index (χ0) is 24.0. The Labute approximate surface area is 207 Å². The van der Waals surface area contributed by atoms with Crippen LogP contribution in [-0.2, 0) is 29.0 Å². The van der Waals surface area contributed by atoms with Crippen molar-refractivity contribution in [2.24, 2.45) is 5.92 Å². The Morgan fingerprint density at radius 2 is 1.80 bits per heavy atom. The van der Waals surface area contributed by atoms with Crippen LogP contribution in [0.15, 0.2) is 47.0 Å². The number of aryl methyl sites for hydroxylation is 1. The Hall–Kier alpha value is -2.45. The summed E-state index contributed by atoms with van der Waals surface area (Å²) in [4.78, 5) is 4.62. The highest BCUT2D eigenvalue weighted by molar-refractivity contribution is 5.84. The molecule has 2 aromatic carbocycles. The van der Waals surface area contributed by atoms with E-state index in [-0.39, 0.29) is 6.29 Å². The van der Waals surface area contributed by atoms with E-state index >= 15 is 0 Å². The minimum absolute atomic E-state index is 0.0361. The van der Waals surface area contributed by atoms with Crippen molar-refractivity contribution in [2.75, 3.05) is 46.9 Å². The highest BCUT2D eigenvalue weighted by Crippen LogP contribution is 2.33. The van der Waals surface area contributed by atoms with E-state index in [9.17, 15) is 0 Å². The molecule has 0 saturated carbocycles. The van der Waals surface area contributed by atoms with E-state index in [4.69, 9.17) is 18.7 Å². The predicted molar refractivity (Wildman–Crippen MR) is 135 cm³/mol. The van der Waals surface area contributed by atoms with Crippen molar-refractivity contribution >= 4 is 11.0 Å². The lowest BCUT2D eigenvalue weighted by Gasteiger charge is -2.32. The molecule has 0 radical (unpaired) electrons. The third-order valence-electron chi connectivity index (χ3n) is 7.08. The van der Waals surface area contributed by atoms with Crippen molar-refractivity contribution in [3.05, 3.63) is 59.3 Å². The minimum atomic E-state index is -0.0361. The molecule has 3 heterocycles. The van der Waals surface area contributed by atoms with E-state index < -0.39 is 0 Å². The molecule has 0 spiro atoms. The van der Waals surface area contributed by atoms with Crippen LogP contribution in [0.2, 0.25) is 0 Å². The van der Waals surface area contributed by atoms with Crippen LogP contribution >= 0.6 is 0 Å². The second-order valence-electron chi connectivity index (χ2n) is 10.0. The second kappa shape index (κ2) is 11.5. The summed E-state index contributed by atoms with van der Waals surface area (Å²) in [6.07, 6.45) is 4.47. The summed E-state index contributed by atoms with van der Waals surface area (Å²) in [5.41, 5.74) is 4.12. The standard InChI is InChI=1S/C28H37N3O4/c1-30(2)18-24-26(34-20-22-6-4-3-5-7-22)11-9-23-25(29-35-28(23)24)10-8-21-12-14-31(15-13-21)19-27-32-16-17-33-27/h3-7,9,11,21,27H,8,10,12-20H2,1-2H3. The highest BCUT2D eigenvalue weighted by atomic mass is 16.7. The number of rotatable bonds is 10. The molecule has 1 aromatic heterocycles. The van der Waals surface area contributed by atoms with Gasteiger partial charge < -0.3 is 23.6 Å². The Morgan fingerprint density at radius 1 is 1.03 bits per heavy atom. The molecule has 188 valence electrons. The van der Waals surface area contributed by atoms with E-state index in [1.807, 2.05) is 18.2 Å². The number of fused-ring (bicyclic) bond motifs is 1. The van der Waals surface area contributed by atoms with Gasteiger partial charge in [-0.15, -0.1) is 0 Å². The maximum absolute atomic E-state index is 6.22. The second-order valence-corrected chi connectivity index (χ2v) is 10.0. The lowest BCUT2D eigenvalue weighted by atomic mass is 9.91. The molecule has 2 aliphatic rings. The maximum atomic E-state index is 6.22. The molecule has 0 aliphatic carbocycles. The van der Waals surface area contributed by atoms with Gasteiger partial charge in [0.25, 0.3) is 0 Å². The van der Waals surface area contributed by atoms with Crippen LogP contribution < -0.4 is 4.74 Å². The maximum Gasteiger partial charge on any atom is 0.175 e. The third-order valence-corrected chi connectivity index (χ3v) is 7.08. The van der Waals surface area contributed by atoms with Crippen LogP contribution in [0.3, 0.4) is 0 Å². The van der Waals surface area contributed by atoms with Crippen molar-refractivity contribution in [3.8, 4) is 5.75 Å². The van der Waals surface area contributed by atoms with Crippen LogP contribution in [0.25, 0.3) is 11.0 Å². The molecule has 0 atom stereocenters. The van der Waals surface area contributed by atoms with Gasteiger partial charge in [-0.1, -0.05) is 35.5 Å². The fraction of sp³-hybridized carbons (Fsp3) is 0.536. The highest BCUT2D eigenvalue weighted by Gasteiger charge is 2.25. The first kappa shape index (κ1) is 24.3. The van der Waals surface area contributed by atoms with Crippen LogP contribution in [0, 0.1) is 5.92 Å². The normalized spacial score (nSPS) is 18.1. The van der Waals surface area contributed by atoms with Crippen molar-refractivity contribution in [3.63, 3.8) is 0 Å². The summed E-state index contributed by atoms with van der Waals surface area (Å²) in [5, 5.41) is 5.61. The summed E-state index contributed by atoms with van der Waals surface area (Å²) in [7, 11) is 4.13. The molecule has 7 heteroatoms. The largest absolute Gasteiger partial charge is 0.488 e. The third kappa shape index (κ3) is 6.22. The number of likely N-dealkylation sites (tertiary alicyclic amines) is 1. The van der Waals surface area contributed by atoms with Gasteiger partial charge in [0.2, 0.25) is 0 Å². The van der Waals surface area contributed by atoms with E-state index in [0.717, 1.165) is 91.7 Å². The number of benzene rings is 2. The molecular weight excluding hydrogens is 442 g/mol. The van der Waals surface area contributed by atoms with Gasteiger partial charge >= 0.3 is 0 Å². The van der Waals surface area contributed by atoms with Crippen molar-refractivity contribution in [2.45, 2.75) is 45.1 Å². The molecule has 0 unspecified atom stereocenters. The quantitative estimate of drug-likeness (QED) is 0.425. The lowest BCUT2D eigenvalue weighted by Crippen LogP contribution is -2.39. The van der Waals surface area contributed by atoms with Crippen molar-refractivity contribution in [1.82, 2.24) is 15.0 Å². The molecular formula is C28H37N3O4. The number of hydrogen-bond acceptors (Lipinski definition) is 7. The molecule has 2 aliphatic heterocycles. The molecule has 2 saturated heterocycles. The van der Waals surface area contributed by atoms with Crippen LogP contribution in [0.5, 0.6) is 5.75 Å². The van der Waals surface area contributed by atoms with E-state index in [1.54, 1.807) is 0 Å². The van der Waals surface area contributed by atoms with Gasteiger partial charge in [-0.3, -0.25) is 4.90 Å². The van der Waals surface area contributed by atoms with Gasteiger partial charge in [0, 0.05) is 18.5 Å². The van der Waals surface area contributed by atoms with Crippen LogP contribution in [0.1, 0.15) is 36.1 Å². The van der Waals surface area contributed by atoms with Gasteiger partial charge in [0.1, 0.15) is 12.4 Å². The zero-order valence-electron chi connectivity index (χ0n) is 20.9. The SMILES string of the molecule is CN(C)Cc1c(OCc2ccccc2)ccc2c(CCC3CCN(CC4OCCO4)CC3)noc12. The first-order valence-electron chi connectivity index (χ1n) is 12.8. The summed E-state index contributed by atoms with van der Waals surface area (Å²) in [6, 6.07) is 14.4. The smallest absolute Gasteiger partial charge is 0.175 e. The summed E-state index contributed by atoms with van der Waals surface area (Å²) >= 11 is 0. The molecule has 0 bridgehead atoms. The number of aromatic nitrogens is 1. The number of piperidine rings is 1. The summed E-state index contributed by atoms with van der Waals surface area (Å²) < 4.78 is 23.3. The Morgan fingerprint density at radius 3 is 2.54 bits per heavy atom. The average molecular weight is 480 g/mol. The van der Waals surface area contributed by atoms with E-state index in [2.05, 4.69) is 53.3 Å². The fourth-order valence-electron chi connectivity index (χ4n) is 5.13. The zero-order valence-corrected chi connectivity index (χ0v) is 20.9. The van der Waals surface area contributed by atoms with Gasteiger partial charge in [-0.25, -0.2) is 0 Å². The van der Waals surface area contributed by atoms with Gasteiger partial charge in [-0.05, 0) is 76.5 Å². The summed E-state index contributed by atoms with van der Waals surface area (Å²) in [6.45, 7) is 5.84. The first-order chi connectivity index (χ1) is 17.2. The average Bonchev–Trinajstić information content (AvgIpc) is 3.53. The van der Waals surface area contributed by atoms with Crippen molar-refractivity contribution in [1.29, 1.82) is 0 Å². The monoisotopic (exact) mass is 479 g/mol. The lowest BCUT2D eigenvalue weighted by molar-refractivity contribution is -0.0661. The first-order valence-corrected chi connectivity index (χ1v) is 12.8. The molecule has 35 heavy (non-hydrogen) atoms. The van der Waals surface area contributed by atoms with E-state index in [0.29, 0.717) is 6.61 Å². The Balaban J connectivity index is 1.21. The van der Waals surface area contributed by atoms with Crippen molar-refractivity contribution < 1.29 is 18.7 Å². The molecule has 7 nitrogen and oxygen atoms in total. The topological polar surface area (TPSA) is 60.2 Å². The van der Waals surface area contributed by atoms with E-state index in [1.165, 1.54) is 12.8 Å². The fourth-order valence-corrected chi connectivity index (χ4v) is 5.13. The van der Waals surface area contributed by atoms with Gasteiger partial charge in [0.15, 0.2) is 11.9 Å². The number of hydrogen-bond donors (Lipinski definition) is 0. The molecule has 3 aromatic rings. The Bertz CT molecular complexity index is 1070. The van der Waals surface area contributed by atoms with Crippen LogP contribution in [0.4, 0.5) is 0 Å². The Kier molecular flexibility index (Phi) is 7.99. The molecule has 0 amide bonds. The number of ether oxygens (including phenoxy) is 3. The summed E-state index contributed by atoms with van der Waals surface area (Å²) in [5.74, 6) is 1.58. The predicted octanol–water partition coefficient (Wildman–Crippen LogP) is 4.49. The molecule has 2 fully saturated rings. The molecule has 5 rings (SSSR count).